The fraction of sp³-hybridized carbons (Fsp3) is 0.548. The Labute approximate surface area is 257 Å². The van der Waals surface area contributed by atoms with Crippen molar-refractivity contribution < 1.29 is 42.9 Å². The molecule has 1 aromatic heterocycles. The molecule has 1 aromatic carbocycles. The Balaban J connectivity index is 1.66. The molecule has 0 spiro atoms. The Morgan fingerprint density at radius 3 is 2.21 bits per heavy atom. The van der Waals surface area contributed by atoms with Crippen LogP contribution < -0.4 is 9.47 Å². The SMILES string of the molecule is CCOC(=O)COc1ccc(CCN(Cc2cc3c(s2)CCN(C(=O)OC(C)(C)C)C3)C(C)=O)cc1OCC(=O)OCC. The van der Waals surface area contributed by atoms with Crippen molar-refractivity contribution in [2.45, 2.75) is 73.1 Å². The van der Waals surface area contributed by atoms with E-state index in [4.69, 9.17) is 23.7 Å². The Hall–Kier alpha value is -3.80. The molecule has 3 rings (SSSR count). The van der Waals surface area contributed by atoms with Crippen LogP contribution in [0.1, 0.15) is 62.4 Å². The molecule has 0 N–H and O–H groups in total. The van der Waals surface area contributed by atoms with Crippen LogP contribution in [0.15, 0.2) is 24.3 Å². The van der Waals surface area contributed by atoms with Crippen LogP contribution in [-0.2, 0) is 54.5 Å². The number of rotatable bonds is 13. The molecule has 1 aliphatic rings. The largest absolute Gasteiger partial charge is 0.478 e. The predicted molar refractivity (Wildman–Crippen MR) is 160 cm³/mol. The van der Waals surface area contributed by atoms with Gasteiger partial charge in [-0.05, 0) is 76.8 Å². The Kier molecular flexibility index (Phi) is 12.2. The van der Waals surface area contributed by atoms with E-state index in [1.807, 2.05) is 26.8 Å². The van der Waals surface area contributed by atoms with Crippen LogP contribution in [0, 0.1) is 0 Å². The number of ether oxygens (including phenoxy) is 5. The third-order valence-electron chi connectivity index (χ3n) is 6.34. The quantitative estimate of drug-likeness (QED) is 0.236. The van der Waals surface area contributed by atoms with Gasteiger partial charge in [0.05, 0.1) is 26.3 Å². The number of benzene rings is 1. The first-order valence-electron chi connectivity index (χ1n) is 14.4. The van der Waals surface area contributed by atoms with Gasteiger partial charge in [0.25, 0.3) is 0 Å². The topological polar surface area (TPSA) is 121 Å². The normalized spacial score (nSPS) is 12.7. The molecule has 0 fully saturated rings. The van der Waals surface area contributed by atoms with Crippen LogP contribution in [-0.4, -0.2) is 78.9 Å². The number of carbonyl (C=O) groups excluding carboxylic acids is 4. The van der Waals surface area contributed by atoms with Gasteiger partial charge in [-0.15, -0.1) is 11.3 Å². The smallest absolute Gasteiger partial charge is 0.410 e. The molecule has 0 atom stereocenters. The van der Waals surface area contributed by atoms with Crippen molar-refractivity contribution >= 4 is 35.3 Å². The minimum Gasteiger partial charge on any atom is -0.478 e. The van der Waals surface area contributed by atoms with Crippen LogP contribution in [0.3, 0.4) is 0 Å². The summed E-state index contributed by atoms with van der Waals surface area (Å²) in [6.07, 6.45) is 0.947. The molecule has 0 radical (unpaired) electrons. The van der Waals surface area contributed by atoms with Gasteiger partial charge in [-0.25, -0.2) is 14.4 Å². The van der Waals surface area contributed by atoms with Gasteiger partial charge in [0, 0.05) is 29.8 Å². The zero-order chi connectivity index (χ0) is 31.6. The van der Waals surface area contributed by atoms with Crippen molar-refractivity contribution in [1.82, 2.24) is 9.80 Å². The summed E-state index contributed by atoms with van der Waals surface area (Å²) in [4.78, 5) is 54.5. The number of amides is 2. The molecule has 0 saturated carbocycles. The van der Waals surface area contributed by atoms with E-state index in [9.17, 15) is 19.2 Å². The zero-order valence-corrected chi connectivity index (χ0v) is 26.7. The average molecular weight is 619 g/mol. The number of nitrogens with zero attached hydrogens (tertiary/aromatic N) is 2. The van der Waals surface area contributed by atoms with Gasteiger partial charge in [-0.2, -0.15) is 0 Å². The Morgan fingerprint density at radius 2 is 1.60 bits per heavy atom. The van der Waals surface area contributed by atoms with Crippen LogP contribution >= 0.6 is 11.3 Å². The summed E-state index contributed by atoms with van der Waals surface area (Å²) in [5.74, 6) is -0.540. The van der Waals surface area contributed by atoms with E-state index in [2.05, 4.69) is 6.07 Å². The molecular formula is C31H42N2O9S. The molecule has 0 saturated heterocycles. The summed E-state index contributed by atoms with van der Waals surface area (Å²) in [6, 6.07) is 7.29. The summed E-state index contributed by atoms with van der Waals surface area (Å²) < 4.78 is 26.6. The number of thiophene rings is 1. The van der Waals surface area contributed by atoms with E-state index < -0.39 is 17.5 Å². The molecule has 12 heteroatoms. The standard InChI is InChI=1S/C31H42N2O9S/c1-7-38-28(35)19-40-25-10-9-22(15-26(25)41-20-29(36)39-8-2)11-13-32(21(3)34)18-24-16-23-17-33(14-12-27(23)43-24)30(37)42-31(4,5)6/h9-10,15-16H,7-8,11-14,17-20H2,1-6H3. The zero-order valence-electron chi connectivity index (χ0n) is 25.9. The number of hydrogen-bond donors (Lipinski definition) is 0. The van der Waals surface area contributed by atoms with Crippen molar-refractivity contribution in [3.8, 4) is 11.5 Å². The molecule has 236 valence electrons. The van der Waals surface area contributed by atoms with E-state index in [1.54, 1.807) is 47.1 Å². The van der Waals surface area contributed by atoms with Crippen molar-refractivity contribution in [3.63, 3.8) is 0 Å². The van der Waals surface area contributed by atoms with E-state index >= 15 is 0 Å². The average Bonchev–Trinajstić information content (AvgIpc) is 3.34. The predicted octanol–water partition coefficient (Wildman–Crippen LogP) is 4.52. The highest BCUT2D eigenvalue weighted by molar-refractivity contribution is 7.12. The lowest BCUT2D eigenvalue weighted by Gasteiger charge is -2.29. The van der Waals surface area contributed by atoms with Crippen molar-refractivity contribution in [1.29, 1.82) is 0 Å². The lowest BCUT2D eigenvalue weighted by molar-refractivity contribution is -0.146. The second kappa shape index (κ2) is 15.6. The highest BCUT2D eigenvalue weighted by Gasteiger charge is 2.27. The molecular weight excluding hydrogens is 576 g/mol. The highest BCUT2D eigenvalue weighted by Crippen LogP contribution is 2.31. The summed E-state index contributed by atoms with van der Waals surface area (Å²) in [5, 5.41) is 0. The minimum absolute atomic E-state index is 0.0603. The first-order chi connectivity index (χ1) is 20.4. The number of hydrogen-bond acceptors (Lipinski definition) is 10. The lowest BCUT2D eigenvalue weighted by atomic mass is 10.1. The third-order valence-corrected chi connectivity index (χ3v) is 7.56. The molecule has 0 bridgehead atoms. The van der Waals surface area contributed by atoms with Gasteiger partial charge >= 0.3 is 18.0 Å². The summed E-state index contributed by atoms with van der Waals surface area (Å²) in [5.41, 5.74) is 1.39. The maximum atomic E-state index is 12.6. The van der Waals surface area contributed by atoms with Crippen molar-refractivity contribution in [3.05, 3.63) is 45.1 Å². The van der Waals surface area contributed by atoms with Gasteiger partial charge in [0.2, 0.25) is 5.91 Å². The van der Waals surface area contributed by atoms with Crippen LogP contribution in [0.4, 0.5) is 4.79 Å². The minimum atomic E-state index is -0.553. The van der Waals surface area contributed by atoms with Gasteiger partial charge in [-0.1, -0.05) is 6.07 Å². The maximum absolute atomic E-state index is 12.6. The van der Waals surface area contributed by atoms with E-state index in [0.717, 1.165) is 22.4 Å². The van der Waals surface area contributed by atoms with E-state index in [0.29, 0.717) is 32.6 Å². The van der Waals surface area contributed by atoms with E-state index in [1.165, 1.54) is 11.8 Å². The van der Waals surface area contributed by atoms with Gasteiger partial charge in [0.15, 0.2) is 24.7 Å². The molecule has 1 aliphatic heterocycles. The van der Waals surface area contributed by atoms with Gasteiger partial charge in [0.1, 0.15) is 5.60 Å². The van der Waals surface area contributed by atoms with Crippen LogP contribution in [0.2, 0.25) is 0 Å². The van der Waals surface area contributed by atoms with Crippen LogP contribution in [0.25, 0.3) is 0 Å². The molecule has 11 nitrogen and oxygen atoms in total. The van der Waals surface area contributed by atoms with Crippen molar-refractivity contribution in [2.24, 2.45) is 0 Å². The summed E-state index contributed by atoms with van der Waals surface area (Å²) in [7, 11) is 0. The molecule has 0 unspecified atom stereocenters. The number of esters is 2. The monoisotopic (exact) mass is 618 g/mol. The molecule has 2 heterocycles. The molecule has 2 amide bonds. The molecule has 2 aromatic rings. The number of carbonyl (C=O) groups is 4. The Bertz CT molecular complexity index is 1280. The third kappa shape index (κ3) is 10.8. The second-order valence-electron chi connectivity index (χ2n) is 11.0. The Morgan fingerprint density at radius 1 is 0.953 bits per heavy atom. The first-order valence-corrected chi connectivity index (χ1v) is 15.2. The summed E-state index contributed by atoms with van der Waals surface area (Å²) >= 11 is 1.67. The fourth-order valence-corrected chi connectivity index (χ4v) is 5.56. The lowest BCUT2D eigenvalue weighted by Crippen LogP contribution is -2.39. The number of fused-ring (bicyclic) bond motifs is 1. The second-order valence-corrected chi connectivity index (χ2v) is 12.2. The van der Waals surface area contributed by atoms with E-state index in [-0.39, 0.29) is 49.9 Å². The maximum Gasteiger partial charge on any atom is 0.410 e. The van der Waals surface area contributed by atoms with Gasteiger partial charge in [-0.3, -0.25) is 4.79 Å². The summed E-state index contributed by atoms with van der Waals surface area (Å²) in [6.45, 7) is 12.3. The molecule has 0 aliphatic carbocycles. The fourth-order valence-electron chi connectivity index (χ4n) is 4.37. The molecule has 43 heavy (non-hydrogen) atoms. The first kappa shape index (κ1) is 33.7. The van der Waals surface area contributed by atoms with Gasteiger partial charge < -0.3 is 33.5 Å². The highest BCUT2D eigenvalue weighted by atomic mass is 32.1. The van der Waals surface area contributed by atoms with Crippen molar-refractivity contribution in [2.75, 3.05) is 39.5 Å². The van der Waals surface area contributed by atoms with Crippen LogP contribution in [0.5, 0.6) is 11.5 Å².